The lowest BCUT2D eigenvalue weighted by molar-refractivity contribution is -0.126. The molecule has 1 aromatic rings. The van der Waals surface area contributed by atoms with Crippen molar-refractivity contribution in [1.29, 1.82) is 0 Å². The van der Waals surface area contributed by atoms with Crippen molar-refractivity contribution in [3.8, 4) is 0 Å². The van der Waals surface area contributed by atoms with E-state index in [0.29, 0.717) is 18.2 Å². The predicted molar refractivity (Wildman–Crippen MR) is 70.7 cm³/mol. The first kappa shape index (κ1) is 15.0. The first-order valence-corrected chi connectivity index (χ1v) is 6.13. The smallest absolute Gasteiger partial charge is 0.246 e. The molecule has 4 nitrogen and oxygen atoms in total. The summed E-state index contributed by atoms with van der Waals surface area (Å²) in [4.78, 5) is 11.6. The van der Waals surface area contributed by atoms with E-state index in [9.17, 15) is 4.79 Å². The molecule has 0 unspecified atom stereocenters. The van der Waals surface area contributed by atoms with Gasteiger partial charge in [-0.05, 0) is 18.6 Å². The molecule has 0 aliphatic heterocycles. The molecular formula is C13H18ClNO3. The highest BCUT2D eigenvalue weighted by Gasteiger charge is 2.11. The molecule has 0 radical (unpaired) electrons. The van der Waals surface area contributed by atoms with Crippen LogP contribution in [0.25, 0.3) is 0 Å². The minimum absolute atomic E-state index is 0.0259. The monoisotopic (exact) mass is 271 g/mol. The summed E-state index contributed by atoms with van der Waals surface area (Å²) < 4.78 is 9.95. The molecule has 0 spiro atoms. The summed E-state index contributed by atoms with van der Waals surface area (Å²) in [6.45, 7) is 2.80. The second kappa shape index (κ2) is 8.08. The van der Waals surface area contributed by atoms with Crippen LogP contribution in [0.3, 0.4) is 0 Å². The Hall–Kier alpha value is -1.10. The minimum atomic E-state index is -0.168. The number of ether oxygens (including phenoxy) is 2. The summed E-state index contributed by atoms with van der Waals surface area (Å²) in [5.41, 5.74) is 0.893. The Kier molecular flexibility index (Phi) is 6.72. The van der Waals surface area contributed by atoms with Crippen LogP contribution in [-0.4, -0.2) is 32.8 Å². The van der Waals surface area contributed by atoms with Gasteiger partial charge in [0.1, 0.15) is 6.61 Å². The highest BCUT2D eigenvalue weighted by atomic mass is 35.5. The number of carbonyl (C=O) groups excluding carboxylic acids is 1. The van der Waals surface area contributed by atoms with Crippen LogP contribution in [0, 0.1) is 0 Å². The molecule has 0 saturated carbocycles. The van der Waals surface area contributed by atoms with E-state index in [0.717, 1.165) is 5.56 Å². The molecule has 0 heterocycles. The third-order valence-corrected chi connectivity index (χ3v) is 2.76. The molecule has 1 aromatic carbocycles. The number of methoxy groups -OCH3 is 1. The third-order valence-electron chi connectivity index (χ3n) is 2.41. The summed E-state index contributed by atoms with van der Waals surface area (Å²) in [7, 11) is 1.59. The zero-order valence-corrected chi connectivity index (χ0v) is 11.4. The number of hydrogen-bond donors (Lipinski definition) is 1. The van der Waals surface area contributed by atoms with Crippen molar-refractivity contribution in [3.63, 3.8) is 0 Å². The highest BCUT2D eigenvalue weighted by Crippen LogP contribution is 2.21. The van der Waals surface area contributed by atoms with Crippen LogP contribution in [-0.2, 0) is 14.3 Å². The van der Waals surface area contributed by atoms with E-state index in [-0.39, 0.29) is 18.6 Å². The van der Waals surface area contributed by atoms with E-state index in [4.69, 9.17) is 21.1 Å². The van der Waals surface area contributed by atoms with Crippen molar-refractivity contribution < 1.29 is 14.3 Å². The predicted octanol–water partition coefficient (Wildman–Crippen LogP) is 2.18. The van der Waals surface area contributed by atoms with Crippen LogP contribution >= 0.6 is 11.6 Å². The zero-order valence-electron chi connectivity index (χ0n) is 10.6. The lowest BCUT2D eigenvalue weighted by Gasteiger charge is -2.15. The average molecular weight is 272 g/mol. The van der Waals surface area contributed by atoms with Gasteiger partial charge in [0.2, 0.25) is 5.91 Å². The maximum atomic E-state index is 11.6. The molecule has 0 fully saturated rings. The second-order valence-electron chi connectivity index (χ2n) is 3.86. The van der Waals surface area contributed by atoms with Crippen molar-refractivity contribution in [3.05, 3.63) is 34.9 Å². The molecule has 18 heavy (non-hydrogen) atoms. The van der Waals surface area contributed by atoms with E-state index in [1.54, 1.807) is 13.2 Å². The topological polar surface area (TPSA) is 47.6 Å². The van der Waals surface area contributed by atoms with Crippen molar-refractivity contribution in [2.24, 2.45) is 0 Å². The molecule has 0 saturated heterocycles. The molecule has 1 N–H and O–H groups in total. The van der Waals surface area contributed by atoms with Gasteiger partial charge in [0.25, 0.3) is 0 Å². The molecule has 0 aliphatic carbocycles. The molecule has 1 rings (SSSR count). The van der Waals surface area contributed by atoms with Gasteiger partial charge in [-0.15, -0.1) is 0 Å². The van der Waals surface area contributed by atoms with Crippen molar-refractivity contribution in [2.45, 2.75) is 13.0 Å². The molecule has 0 bridgehead atoms. The Bertz CT molecular complexity index is 384. The Morgan fingerprint density at radius 1 is 1.39 bits per heavy atom. The summed E-state index contributed by atoms with van der Waals surface area (Å²) >= 11 is 6.05. The number of rotatable bonds is 7. The Labute approximate surface area is 112 Å². The Morgan fingerprint density at radius 2 is 2.11 bits per heavy atom. The van der Waals surface area contributed by atoms with Gasteiger partial charge in [0.15, 0.2) is 0 Å². The van der Waals surface area contributed by atoms with E-state index in [1.807, 2.05) is 25.1 Å². The minimum Gasteiger partial charge on any atom is -0.382 e. The van der Waals surface area contributed by atoms with E-state index >= 15 is 0 Å². The zero-order chi connectivity index (χ0) is 13.4. The Morgan fingerprint density at radius 3 is 2.78 bits per heavy atom. The van der Waals surface area contributed by atoms with E-state index < -0.39 is 0 Å². The van der Waals surface area contributed by atoms with Gasteiger partial charge in [-0.3, -0.25) is 4.79 Å². The van der Waals surface area contributed by atoms with Crippen LogP contribution in [0.5, 0.6) is 0 Å². The maximum Gasteiger partial charge on any atom is 0.246 e. The SMILES string of the molecule is COCCOCC(=O)N[C@@H](C)c1ccccc1Cl. The first-order chi connectivity index (χ1) is 8.65. The molecule has 1 amide bonds. The fourth-order valence-electron chi connectivity index (χ4n) is 1.49. The van der Waals surface area contributed by atoms with Gasteiger partial charge >= 0.3 is 0 Å². The quantitative estimate of drug-likeness (QED) is 0.774. The van der Waals surface area contributed by atoms with Gasteiger partial charge in [-0.25, -0.2) is 0 Å². The summed E-state index contributed by atoms with van der Waals surface area (Å²) in [6.07, 6.45) is 0. The van der Waals surface area contributed by atoms with Crippen molar-refractivity contribution in [2.75, 3.05) is 26.9 Å². The molecule has 5 heteroatoms. The first-order valence-electron chi connectivity index (χ1n) is 5.75. The van der Waals surface area contributed by atoms with Crippen molar-refractivity contribution in [1.82, 2.24) is 5.32 Å². The summed E-state index contributed by atoms with van der Waals surface area (Å²) in [6, 6.07) is 7.29. The Balaban J connectivity index is 2.38. The van der Waals surface area contributed by atoms with Gasteiger partial charge in [0.05, 0.1) is 19.3 Å². The fraction of sp³-hybridized carbons (Fsp3) is 0.462. The van der Waals surface area contributed by atoms with Gasteiger partial charge in [0, 0.05) is 12.1 Å². The number of carbonyl (C=O) groups is 1. The van der Waals surface area contributed by atoms with Crippen LogP contribution in [0.4, 0.5) is 0 Å². The maximum absolute atomic E-state index is 11.6. The van der Waals surface area contributed by atoms with Gasteiger partial charge in [-0.2, -0.15) is 0 Å². The van der Waals surface area contributed by atoms with Crippen LogP contribution in [0.15, 0.2) is 24.3 Å². The number of benzene rings is 1. The average Bonchev–Trinajstić information content (AvgIpc) is 2.35. The molecule has 0 aliphatic rings. The molecule has 1 atom stereocenters. The lowest BCUT2D eigenvalue weighted by atomic mass is 10.1. The fourth-order valence-corrected chi connectivity index (χ4v) is 1.79. The van der Waals surface area contributed by atoms with Crippen LogP contribution in [0.2, 0.25) is 5.02 Å². The molecular weight excluding hydrogens is 254 g/mol. The number of halogens is 1. The second-order valence-corrected chi connectivity index (χ2v) is 4.26. The largest absolute Gasteiger partial charge is 0.382 e. The lowest BCUT2D eigenvalue weighted by Crippen LogP contribution is -2.30. The van der Waals surface area contributed by atoms with Crippen LogP contribution in [0.1, 0.15) is 18.5 Å². The summed E-state index contributed by atoms with van der Waals surface area (Å²) in [5, 5.41) is 3.47. The standard InChI is InChI=1S/C13H18ClNO3/c1-10(11-5-3-4-6-12(11)14)15-13(16)9-18-8-7-17-2/h3-6,10H,7-9H2,1-2H3,(H,15,16)/t10-/m0/s1. The van der Waals surface area contributed by atoms with Crippen LogP contribution < -0.4 is 5.32 Å². The van der Waals surface area contributed by atoms with Gasteiger partial charge in [-0.1, -0.05) is 29.8 Å². The van der Waals surface area contributed by atoms with Crippen molar-refractivity contribution >= 4 is 17.5 Å². The highest BCUT2D eigenvalue weighted by molar-refractivity contribution is 6.31. The number of amides is 1. The van der Waals surface area contributed by atoms with E-state index in [1.165, 1.54) is 0 Å². The summed E-state index contributed by atoms with van der Waals surface area (Å²) in [5.74, 6) is -0.168. The number of hydrogen-bond acceptors (Lipinski definition) is 3. The third kappa shape index (κ3) is 5.04. The number of nitrogens with one attached hydrogen (secondary N) is 1. The molecule has 0 aromatic heterocycles. The molecule has 100 valence electrons. The van der Waals surface area contributed by atoms with Gasteiger partial charge < -0.3 is 14.8 Å². The van der Waals surface area contributed by atoms with E-state index in [2.05, 4.69) is 5.32 Å². The normalized spacial score (nSPS) is 12.2.